The zero-order valence-electron chi connectivity index (χ0n) is 24.3. The van der Waals surface area contributed by atoms with E-state index in [0.717, 1.165) is 0 Å². The third-order valence-electron chi connectivity index (χ3n) is 7.67. The molecule has 232 valence electrons. The SMILES string of the molecule is C=CC(=O)N1CCN(c2c(C#N)c(=O)n(-c3c(C)ccnc3C(C)C)c3nc(-c4c(F)c(F)c(Cl)c(O)c4Cl)c(Cl)cc23)CC1. The molecule has 45 heavy (non-hydrogen) atoms. The number of benzene rings is 1. The maximum atomic E-state index is 15.4. The van der Waals surface area contributed by atoms with Crippen molar-refractivity contribution in [1.82, 2.24) is 19.4 Å². The van der Waals surface area contributed by atoms with Crippen LogP contribution >= 0.6 is 34.8 Å². The fourth-order valence-corrected chi connectivity index (χ4v) is 6.21. The molecule has 14 heteroatoms. The highest BCUT2D eigenvalue weighted by Gasteiger charge is 2.31. The summed E-state index contributed by atoms with van der Waals surface area (Å²) >= 11 is 18.7. The molecule has 1 saturated heterocycles. The fraction of sp³-hybridized carbons (Fsp3) is 0.258. The molecule has 1 fully saturated rings. The lowest BCUT2D eigenvalue weighted by Crippen LogP contribution is -2.49. The Morgan fingerprint density at radius 1 is 1.13 bits per heavy atom. The van der Waals surface area contributed by atoms with Gasteiger partial charge in [0, 0.05) is 37.8 Å². The molecule has 0 bridgehead atoms. The molecular weight excluding hydrogens is 649 g/mol. The van der Waals surface area contributed by atoms with Gasteiger partial charge in [0.25, 0.3) is 5.56 Å². The monoisotopic (exact) mass is 672 g/mol. The van der Waals surface area contributed by atoms with Gasteiger partial charge in [-0.05, 0) is 36.6 Å². The Kier molecular flexibility index (Phi) is 8.77. The molecular formula is C31H25Cl3F2N6O3. The molecule has 9 nitrogen and oxygen atoms in total. The lowest BCUT2D eigenvalue weighted by molar-refractivity contribution is -0.126. The van der Waals surface area contributed by atoms with E-state index in [-0.39, 0.29) is 71.0 Å². The van der Waals surface area contributed by atoms with Crippen LogP contribution < -0.4 is 10.5 Å². The third kappa shape index (κ3) is 5.27. The maximum Gasteiger partial charge on any atom is 0.276 e. The van der Waals surface area contributed by atoms with Crippen molar-refractivity contribution in [2.75, 3.05) is 31.1 Å². The van der Waals surface area contributed by atoms with Crippen LogP contribution in [0.25, 0.3) is 28.0 Å². The summed E-state index contributed by atoms with van der Waals surface area (Å²) in [7, 11) is 0. The summed E-state index contributed by atoms with van der Waals surface area (Å²) < 4.78 is 31.4. The Hall–Kier alpha value is -4.24. The highest BCUT2D eigenvalue weighted by molar-refractivity contribution is 6.40. The van der Waals surface area contributed by atoms with Crippen LogP contribution in [-0.2, 0) is 4.79 Å². The number of phenols is 1. The summed E-state index contributed by atoms with van der Waals surface area (Å²) in [5.74, 6) is -4.43. The molecule has 0 aliphatic carbocycles. The van der Waals surface area contributed by atoms with Crippen LogP contribution in [0.1, 0.15) is 36.6 Å². The molecule has 4 aromatic rings. The van der Waals surface area contributed by atoms with Gasteiger partial charge < -0.3 is 14.9 Å². The van der Waals surface area contributed by atoms with E-state index in [4.69, 9.17) is 34.8 Å². The van der Waals surface area contributed by atoms with E-state index in [1.807, 2.05) is 19.9 Å². The molecule has 1 N–H and O–H groups in total. The number of phenolic OH excluding ortho intramolecular Hbond substituents is 1. The minimum absolute atomic E-state index is 0.0543. The number of halogens is 5. The Labute approximate surface area is 271 Å². The standard InChI is InChI=1S/C31H25Cl3F2N6O3/c1-5-19(43)40-8-10-41(11-9-40)28-16-12-18(32)26(20-21(33)29(44)22(34)24(36)23(20)35)39-30(16)42(31(45)17(28)13-37)27-15(4)6-7-38-25(27)14(2)3/h5-7,12,14,44H,1,8-11H2,2-4H3. The smallest absolute Gasteiger partial charge is 0.276 e. The van der Waals surface area contributed by atoms with Gasteiger partial charge in [-0.25, -0.2) is 13.8 Å². The van der Waals surface area contributed by atoms with Gasteiger partial charge in [0.05, 0.1) is 38.4 Å². The zero-order valence-corrected chi connectivity index (χ0v) is 26.5. The third-order valence-corrected chi connectivity index (χ3v) is 8.67. The van der Waals surface area contributed by atoms with Crippen LogP contribution in [0.3, 0.4) is 0 Å². The van der Waals surface area contributed by atoms with Crippen LogP contribution in [-0.4, -0.2) is 56.6 Å². The van der Waals surface area contributed by atoms with E-state index in [2.05, 4.69) is 16.5 Å². The van der Waals surface area contributed by atoms with E-state index in [1.54, 1.807) is 29.0 Å². The number of amides is 1. The fourth-order valence-electron chi connectivity index (χ4n) is 5.47. The van der Waals surface area contributed by atoms with Crippen molar-refractivity contribution in [2.45, 2.75) is 26.7 Å². The minimum Gasteiger partial charge on any atom is -0.505 e. The lowest BCUT2D eigenvalue weighted by atomic mass is 10.0. The molecule has 0 radical (unpaired) electrons. The van der Waals surface area contributed by atoms with Gasteiger partial charge in [0.1, 0.15) is 22.3 Å². The molecule has 1 amide bonds. The first kappa shape index (κ1) is 32.2. The van der Waals surface area contributed by atoms with Gasteiger partial charge in [-0.2, -0.15) is 5.26 Å². The summed E-state index contributed by atoms with van der Waals surface area (Å²) in [4.78, 5) is 39.0. The molecule has 0 atom stereocenters. The molecule has 0 saturated carbocycles. The van der Waals surface area contributed by atoms with Crippen LogP contribution in [0.4, 0.5) is 14.5 Å². The number of fused-ring (bicyclic) bond motifs is 1. The van der Waals surface area contributed by atoms with Crippen molar-refractivity contribution in [3.63, 3.8) is 0 Å². The zero-order chi connectivity index (χ0) is 32.9. The van der Waals surface area contributed by atoms with Gasteiger partial charge in [-0.3, -0.25) is 19.1 Å². The largest absolute Gasteiger partial charge is 0.505 e. The van der Waals surface area contributed by atoms with Crippen molar-refractivity contribution >= 4 is 57.4 Å². The first-order valence-corrected chi connectivity index (χ1v) is 14.8. The molecule has 5 rings (SSSR count). The topological polar surface area (TPSA) is 115 Å². The maximum absolute atomic E-state index is 15.4. The minimum atomic E-state index is -1.57. The Morgan fingerprint density at radius 2 is 1.80 bits per heavy atom. The number of piperazine rings is 1. The first-order chi connectivity index (χ1) is 21.3. The average Bonchev–Trinajstić information content (AvgIpc) is 3.02. The second kappa shape index (κ2) is 12.3. The Bertz CT molecular complexity index is 1990. The summed E-state index contributed by atoms with van der Waals surface area (Å²) in [5.41, 5.74) is -0.344. The number of aromatic nitrogens is 3. The van der Waals surface area contributed by atoms with Crippen molar-refractivity contribution in [1.29, 1.82) is 5.26 Å². The molecule has 0 spiro atoms. The van der Waals surface area contributed by atoms with Crippen molar-refractivity contribution in [3.8, 4) is 28.8 Å². The second-order valence-electron chi connectivity index (χ2n) is 10.7. The van der Waals surface area contributed by atoms with Gasteiger partial charge in [0.2, 0.25) is 5.91 Å². The highest BCUT2D eigenvalue weighted by Crippen LogP contribution is 2.46. The molecule has 1 aliphatic rings. The quantitative estimate of drug-likeness (QED) is 0.146. The van der Waals surface area contributed by atoms with E-state index in [0.29, 0.717) is 16.9 Å². The lowest BCUT2D eigenvalue weighted by Gasteiger charge is -2.36. The summed E-state index contributed by atoms with van der Waals surface area (Å²) in [6.07, 6.45) is 2.80. The van der Waals surface area contributed by atoms with Crippen LogP contribution in [0.5, 0.6) is 5.75 Å². The normalized spacial score (nSPS) is 13.4. The summed E-state index contributed by atoms with van der Waals surface area (Å²) in [6.45, 7) is 10.1. The van der Waals surface area contributed by atoms with Crippen molar-refractivity contribution in [3.05, 3.63) is 84.9 Å². The molecule has 1 aromatic carbocycles. The number of aromatic hydroxyl groups is 1. The molecule has 4 heterocycles. The Morgan fingerprint density at radius 3 is 2.40 bits per heavy atom. The predicted molar refractivity (Wildman–Crippen MR) is 170 cm³/mol. The number of hydrogen-bond donors (Lipinski definition) is 1. The van der Waals surface area contributed by atoms with Crippen LogP contribution in [0.2, 0.25) is 15.1 Å². The number of aryl methyl sites for hydroxylation is 1. The predicted octanol–water partition coefficient (Wildman–Crippen LogP) is 6.53. The number of hydrogen-bond acceptors (Lipinski definition) is 7. The number of pyridine rings is 3. The van der Waals surface area contributed by atoms with Gasteiger partial charge in [-0.15, -0.1) is 0 Å². The number of nitrogens with zero attached hydrogens (tertiary/aromatic N) is 6. The number of carbonyl (C=O) groups excluding carboxylic acids is 1. The van der Waals surface area contributed by atoms with E-state index in [9.17, 15) is 24.3 Å². The molecule has 3 aromatic heterocycles. The molecule has 0 unspecified atom stereocenters. The van der Waals surface area contributed by atoms with Crippen molar-refractivity contribution in [2.24, 2.45) is 0 Å². The van der Waals surface area contributed by atoms with Crippen LogP contribution in [0, 0.1) is 29.9 Å². The number of anilines is 1. The van der Waals surface area contributed by atoms with E-state index >= 15 is 4.39 Å². The highest BCUT2D eigenvalue weighted by atomic mass is 35.5. The number of nitriles is 1. The second-order valence-corrected chi connectivity index (χ2v) is 11.8. The van der Waals surface area contributed by atoms with E-state index < -0.39 is 38.6 Å². The number of carbonyl (C=O) groups is 1. The van der Waals surface area contributed by atoms with Gasteiger partial charge in [0.15, 0.2) is 17.4 Å². The van der Waals surface area contributed by atoms with Gasteiger partial charge >= 0.3 is 0 Å². The van der Waals surface area contributed by atoms with E-state index in [1.165, 1.54) is 16.7 Å². The number of rotatable bonds is 5. The average molecular weight is 674 g/mol. The van der Waals surface area contributed by atoms with Crippen molar-refractivity contribution < 1.29 is 18.7 Å². The molecule has 1 aliphatic heterocycles. The van der Waals surface area contributed by atoms with Gasteiger partial charge in [-0.1, -0.05) is 55.2 Å². The summed E-state index contributed by atoms with van der Waals surface area (Å²) in [5, 5.41) is 19.2. The van der Waals surface area contributed by atoms with Crippen LogP contribution in [0.15, 0.2) is 35.8 Å². The Balaban J connectivity index is 1.93. The first-order valence-electron chi connectivity index (χ1n) is 13.7. The summed E-state index contributed by atoms with van der Waals surface area (Å²) in [6, 6.07) is 5.11.